The number of hydrogen-bond acceptors (Lipinski definition) is 4. The van der Waals surface area contributed by atoms with Gasteiger partial charge in [-0.1, -0.05) is 12.8 Å². The molecule has 1 amide bonds. The third-order valence-electron chi connectivity index (χ3n) is 4.62. The zero-order chi connectivity index (χ0) is 18.1. The molecule has 1 aliphatic carbocycles. The summed E-state index contributed by atoms with van der Waals surface area (Å²) in [5, 5.41) is 10.7. The molecule has 1 heterocycles. The lowest BCUT2D eigenvalue weighted by molar-refractivity contribution is -0.121. The van der Waals surface area contributed by atoms with Crippen LogP contribution in [0.2, 0.25) is 0 Å². The summed E-state index contributed by atoms with van der Waals surface area (Å²) in [7, 11) is 1.76. The second-order valence-corrected chi connectivity index (χ2v) is 7.92. The molecule has 0 bridgehead atoms. The fraction of sp³-hybridized carbons (Fsp3) is 0.722. The van der Waals surface area contributed by atoms with E-state index in [0.717, 1.165) is 29.6 Å². The number of amides is 1. The van der Waals surface area contributed by atoms with E-state index < -0.39 is 0 Å². The normalized spacial score (nSPS) is 15.4. The molecule has 1 saturated carbocycles. The van der Waals surface area contributed by atoms with E-state index >= 15 is 0 Å². The third-order valence-corrected chi connectivity index (χ3v) is 5.75. The molecule has 0 unspecified atom stereocenters. The Morgan fingerprint density at radius 3 is 2.48 bits per heavy atom. The molecule has 7 heteroatoms. The van der Waals surface area contributed by atoms with Gasteiger partial charge in [0.25, 0.3) is 0 Å². The maximum absolute atomic E-state index is 11.9. The summed E-state index contributed by atoms with van der Waals surface area (Å²) < 4.78 is 0. The van der Waals surface area contributed by atoms with Gasteiger partial charge in [0.1, 0.15) is 0 Å². The lowest BCUT2D eigenvalue weighted by Crippen LogP contribution is -2.42. The van der Waals surface area contributed by atoms with Crippen LogP contribution in [0.3, 0.4) is 0 Å². The van der Waals surface area contributed by atoms with Crippen LogP contribution >= 0.6 is 11.3 Å². The van der Waals surface area contributed by atoms with E-state index in [1.807, 2.05) is 6.92 Å². The third kappa shape index (κ3) is 7.02. The molecule has 25 heavy (non-hydrogen) atoms. The van der Waals surface area contributed by atoms with Crippen molar-refractivity contribution in [2.75, 3.05) is 26.7 Å². The van der Waals surface area contributed by atoms with Crippen LogP contribution in [0.25, 0.3) is 0 Å². The number of nitrogens with zero attached hydrogens (tertiary/aromatic N) is 2. The van der Waals surface area contributed by atoms with Crippen molar-refractivity contribution in [1.29, 1.82) is 0 Å². The first-order chi connectivity index (χ1) is 12.1. The molecule has 0 saturated heterocycles. The van der Waals surface area contributed by atoms with E-state index in [1.54, 1.807) is 18.4 Å². The van der Waals surface area contributed by atoms with Gasteiger partial charge in [0.15, 0.2) is 5.96 Å². The number of rotatable bonds is 8. The van der Waals surface area contributed by atoms with E-state index in [4.69, 9.17) is 0 Å². The number of nitrogens with one attached hydrogen (secondary N) is 3. The Hall–Kier alpha value is -1.63. The molecule has 0 radical (unpaired) electrons. The van der Waals surface area contributed by atoms with Crippen molar-refractivity contribution in [1.82, 2.24) is 20.9 Å². The highest BCUT2D eigenvalue weighted by Crippen LogP contribution is 2.27. The minimum atomic E-state index is 0.172. The fourth-order valence-electron chi connectivity index (χ4n) is 3.09. The van der Waals surface area contributed by atoms with Crippen LogP contribution in [0.4, 0.5) is 0 Å². The Morgan fingerprint density at radius 2 is 1.84 bits per heavy atom. The molecular formula is C18H31N5OS. The molecule has 1 fully saturated rings. The second-order valence-electron chi connectivity index (χ2n) is 6.63. The molecule has 1 aromatic heterocycles. The Balaban J connectivity index is 1.56. The molecule has 6 nitrogen and oxygen atoms in total. The summed E-state index contributed by atoms with van der Waals surface area (Å²) in [4.78, 5) is 21.9. The zero-order valence-corrected chi connectivity index (χ0v) is 16.5. The summed E-state index contributed by atoms with van der Waals surface area (Å²) in [5.74, 6) is 1.53. The van der Waals surface area contributed by atoms with Crippen molar-refractivity contribution in [2.24, 2.45) is 10.9 Å². The van der Waals surface area contributed by atoms with Crippen LogP contribution in [0.15, 0.2) is 4.99 Å². The van der Waals surface area contributed by atoms with E-state index in [1.165, 1.54) is 30.6 Å². The van der Waals surface area contributed by atoms with Crippen molar-refractivity contribution >= 4 is 23.2 Å². The largest absolute Gasteiger partial charge is 0.356 e. The topological polar surface area (TPSA) is 78.4 Å². The first-order valence-electron chi connectivity index (χ1n) is 9.22. The Morgan fingerprint density at radius 1 is 1.16 bits per heavy atom. The van der Waals surface area contributed by atoms with Gasteiger partial charge in [-0.3, -0.25) is 9.79 Å². The van der Waals surface area contributed by atoms with Crippen LogP contribution < -0.4 is 16.0 Å². The van der Waals surface area contributed by atoms with Gasteiger partial charge in [-0.15, -0.1) is 11.3 Å². The van der Waals surface area contributed by atoms with E-state index in [9.17, 15) is 4.79 Å². The number of aromatic nitrogens is 1. The highest BCUT2D eigenvalue weighted by atomic mass is 32.1. The average molecular weight is 366 g/mol. The minimum absolute atomic E-state index is 0.172. The molecule has 0 aliphatic heterocycles. The summed E-state index contributed by atoms with van der Waals surface area (Å²) in [6.45, 7) is 6.23. The SMILES string of the molecule is CN=C(NCCNC(=O)CC1CCCC1)NCCc1nc(C)c(C)s1. The molecule has 0 aromatic carbocycles. The Labute approximate surface area is 154 Å². The summed E-state index contributed by atoms with van der Waals surface area (Å²) in [6, 6.07) is 0. The Kier molecular flexibility index (Phi) is 8.18. The van der Waals surface area contributed by atoms with Gasteiger partial charge in [0.05, 0.1) is 10.7 Å². The van der Waals surface area contributed by atoms with Crippen LogP contribution in [0.1, 0.15) is 47.7 Å². The van der Waals surface area contributed by atoms with Gasteiger partial charge in [-0.05, 0) is 32.6 Å². The van der Waals surface area contributed by atoms with E-state index in [-0.39, 0.29) is 5.91 Å². The first kappa shape index (κ1) is 19.7. The smallest absolute Gasteiger partial charge is 0.220 e. The zero-order valence-electron chi connectivity index (χ0n) is 15.7. The molecule has 1 aromatic rings. The van der Waals surface area contributed by atoms with Gasteiger partial charge in [0, 0.05) is 44.4 Å². The minimum Gasteiger partial charge on any atom is -0.356 e. The van der Waals surface area contributed by atoms with Crippen molar-refractivity contribution in [3.05, 3.63) is 15.6 Å². The highest BCUT2D eigenvalue weighted by Gasteiger charge is 2.17. The summed E-state index contributed by atoms with van der Waals surface area (Å²) in [5.41, 5.74) is 1.12. The second kappa shape index (κ2) is 10.4. The lowest BCUT2D eigenvalue weighted by atomic mass is 10.0. The number of carbonyl (C=O) groups is 1. The molecule has 3 N–H and O–H groups in total. The number of aryl methyl sites for hydroxylation is 2. The van der Waals surface area contributed by atoms with Crippen molar-refractivity contribution < 1.29 is 4.79 Å². The van der Waals surface area contributed by atoms with E-state index in [2.05, 4.69) is 32.9 Å². The number of thiazole rings is 1. The van der Waals surface area contributed by atoms with Crippen LogP contribution in [-0.4, -0.2) is 43.5 Å². The van der Waals surface area contributed by atoms with Crippen molar-refractivity contribution in [3.63, 3.8) is 0 Å². The average Bonchev–Trinajstić information content (AvgIpc) is 3.20. The molecule has 0 atom stereocenters. The number of aliphatic imine (C=N–C) groups is 1. The van der Waals surface area contributed by atoms with Crippen LogP contribution in [0.5, 0.6) is 0 Å². The van der Waals surface area contributed by atoms with Crippen molar-refractivity contribution in [3.8, 4) is 0 Å². The summed E-state index contributed by atoms with van der Waals surface area (Å²) >= 11 is 1.75. The quantitative estimate of drug-likeness (QED) is 0.375. The highest BCUT2D eigenvalue weighted by molar-refractivity contribution is 7.11. The molecular weight excluding hydrogens is 334 g/mol. The standard InChI is InChI=1S/C18H31N5OS/c1-13-14(2)25-17(23-13)8-9-21-18(19-3)22-11-10-20-16(24)12-15-6-4-5-7-15/h15H,4-12H2,1-3H3,(H,20,24)(H2,19,21,22). The molecule has 0 spiro atoms. The predicted octanol–water partition coefficient (Wildman–Crippen LogP) is 2.16. The molecule has 140 valence electrons. The lowest BCUT2D eigenvalue weighted by Gasteiger charge is -2.13. The van der Waals surface area contributed by atoms with Gasteiger partial charge in [-0.25, -0.2) is 4.98 Å². The maximum atomic E-state index is 11.9. The number of carbonyl (C=O) groups excluding carboxylic acids is 1. The Bertz CT molecular complexity index is 559. The van der Waals surface area contributed by atoms with Gasteiger partial charge >= 0.3 is 0 Å². The molecule has 2 rings (SSSR count). The first-order valence-corrected chi connectivity index (χ1v) is 10.0. The number of hydrogen-bond donors (Lipinski definition) is 3. The molecule has 1 aliphatic rings. The number of guanidine groups is 1. The van der Waals surface area contributed by atoms with Gasteiger partial charge < -0.3 is 16.0 Å². The maximum Gasteiger partial charge on any atom is 0.220 e. The summed E-state index contributed by atoms with van der Waals surface area (Å²) in [6.07, 6.45) is 6.54. The van der Waals surface area contributed by atoms with Gasteiger partial charge in [0.2, 0.25) is 5.91 Å². The van der Waals surface area contributed by atoms with Crippen LogP contribution in [0, 0.1) is 19.8 Å². The van der Waals surface area contributed by atoms with Gasteiger partial charge in [-0.2, -0.15) is 0 Å². The predicted molar refractivity (Wildman–Crippen MR) is 104 cm³/mol. The van der Waals surface area contributed by atoms with Crippen LogP contribution in [-0.2, 0) is 11.2 Å². The fourth-order valence-corrected chi connectivity index (χ4v) is 4.02. The van der Waals surface area contributed by atoms with E-state index in [0.29, 0.717) is 25.4 Å². The monoisotopic (exact) mass is 365 g/mol. The van der Waals surface area contributed by atoms with Crippen molar-refractivity contribution in [2.45, 2.75) is 52.4 Å².